The summed E-state index contributed by atoms with van der Waals surface area (Å²) < 4.78 is 5.53. The van der Waals surface area contributed by atoms with Crippen LogP contribution >= 0.6 is 11.6 Å². The number of hydrogen-bond donors (Lipinski definition) is 1. The highest BCUT2D eigenvalue weighted by molar-refractivity contribution is 6.34. The van der Waals surface area contributed by atoms with Crippen LogP contribution in [-0.2, 0) is 4.74 Å². The van der Waals surface area contributed by atoms with Crippen molar-refractivity contribution in [3.8, 4) is 0 Å². The Morgan fingerprint density at radius 2 is 2.04 bits per heavy atom. The number of aliphatic hydroxyl groups is 1. The van der Waals surface area contributed by atoms with Crippen molar-refractivity contribution in [2.75, 3.05) is 19.8 Å². The summed E-state index contributed by atoms with van der Waals surface area (Å²) in [5.74, 6) is -0.0288. The van der Waals surface area contributed by atoms with Crippen LogP contribution in [0.25, 0.3) is 0 Å². The van der Waals surface area contributed by atoms with Gasteiger partial charge in [0, 0.05) is 25.1 Å². The zero-order valence-electron chi connectivity index (χ0n) is 13.7. The molecule has 126 valence electrons. The molecule has 1 N–H and O–H groups in total. The first-order chi connectivity index (χ1) is 11.0. The normalized spacial score (nSPS) is 28.2. The Labute approximate surface area is 142 Å². The van der Waals surface area contributed by atoms with E-state index in [2.05, 4.69) is 0 Å². The van der Waals surface area contributed by atoms with Gasteiger partial charge in [0.15, 0.2) is 0 Å². The predicted molar refractivity (Wildman–Crippen MR) is 89.9 cm³/mol. The maximum atomic E-state index is 13.0. The number of aryl methyl sites for hydroxylation is 2. The molecule has 0 unspecified atom stereocenters. The molecule has 5 heteroatoms. The minimum absolute atomic E-state index is 0.000482. The topological polar surface area (TPSA) is 49.8 Å². The average Bonchev–Trinajstić information content (AvgIpc) is 3.00. The Kier molecular flexibility index (Phi) is 4.95. The Morgan fingerprint density at radius 3 is 2.78 bits per heavy atom. The highest BCUT2D eigenvalue weighted by Gasteiger charge is 2.40. The summed E-state index contributed by atoms with van der Waals surface area (Å²) in [6, 6.07) is 3.77. The van der Waals surface area contributed by atoms with Crippen molar-refractivity contribution in [3.05, 3.63) is 33.8 Å². The summed E-state index contributed by atoms with van der Waals surface area (Å²) in [6.45, 7) is 5.82. The molecule has 0 spiro atoms. The van der Waals surface area contributed by atoms with Crippen molar-refractivity contribution in [3.63, 3.8) is 0 Å². The molecule has 0 aromatic heterocycles. The number of halogens is 1. The van der Waals surface area contributed by atoms with Gasteiger partial charge < -0.3 is 14.7 Å². The third-order valence-corrected chi connectivity index (χ3v) is 5.54. The number of likely N-dealkylation sites (tertiary alicyclic amines) is 1. The van der Waals surface area contributed by atoms with Crippen LogP contribution in [0.4, 0.5) is 0 Å². The lowest BCUT2D eigenvalue weighted by molar-refractivity contribution is -0.0589. The first-order valence-electron chi connectivity index (χ1n) is 8.32. The number of nitrogens with zero attached hydrogens (tertiary/aromatic N) is 1. The van der Waals surface area contributed by atoms with Crippen molar-refractivity contribution >= 4 is 17.5 Å². The van der Waals surface area contributed by atoms with Gasteiger partial charge in [0.25, 0.3) is 5.91 Å². The molecule has 0 saturated carbocycles. The van der Waals surface area contributed by atoms with Crippen LogP contribution in [0.15, 0.2) is 12.1 Å². The second kappa shape index (κ2) is 6.80. The van der Waals surface area contributed by atoms with E-state index in [0.717, 1.165) is 30.5 Å². The van der Waals surface area contributed by atoms with Crippen LogP contribution in [-0.4, -0.2) is 47.8 Å². The van der Waals surface area contributed by atoms with Gasteiger partial charge in [0.1, 0.15) is 0 Å². The zero-order chi connectivity index (χ0) is 16.6. The highest BCUT2D eigenvalue weighted by Crippen LogP contribution is 2.32. The standard InChI is InChI=1S/C18H24ClNO3/c1-11-8-13(15(19)9-12(11)2)18(22)20-6-3-4-16(20)14-10-23-7-5-17(14)21/h8-9,14,16-17,21H,3-7,10H2,1-2H3/t14-,16-,17-/m1/s1. The van der Waals surface area contributed by atoms with Gasteiger partial charge in [0.05, 0.1) is 23.3 Å². The fourth-order valence-electron chi connectivity index (χ4n) is 3.71. The van der Waals surface area contributed by atoms with Gasteiger partial charge in [-0.15, -0.1) is 0 Å². The van der Waals surface area contributed by atoms with Gasteiger partial charge in [0.2, 0.25) is 0 Å². The number of hydrogen-bond acceptors (Lipinski definition) is 3. The van der Waals surface area contributed by atoms with Crippen molar-refractivity contribution in [2.45, 2.75) is 45.3 Å². The molecular weight excluding hydrogens is 314 g/mol. The van der Waals surface area contributed by atoms with Gasteiger partial charge >= 0.3 is 0 Å². The van der Waals surface area contributed by atoms with Crippen LogP contribution in [0.3, 0.4) is 0 Å². The molecule has 4 nitrogen and oxygen atoms in total. The molecule has 2 saturated heterocycles. The van der Waals surface area contributed by atoms with E-state index in [9.17, 15) is 9.90 Å². The van der Waals surface area contributed by atoms with Crippen LogP contribution in [0.5, 0.6) is 0 Å². The summed E-state index contributed by atoms with van der Waals surface area (Å²) in [4.78, 5) is 14.9. The molecule has 1 aromatic rings. The van der Waals surface area contributed by atoms with Crippen LogP contribution in [0.2, 0.25) is 5.02 Å². The zero-order valence-corrected chi connectivity index (χ0v) is 14.5. The molecular formula is C18H24ClNO3. The lowest BCUT2D eigenvalue weighted by Gasteiger charge is -2.37. The van der Waals surface area contributed by atoms with Gasteiger partial charge in [-0.25, -0.2) is 0 Å². The van der Waals surface area contributed by atoms with Crippen LogP contribution < -0.4 is 0 Å². The van der Waals surface area contributed by atoms with E-state index in [1.165, 1.54) is 0 Å². The lowest BCUT2D eigenvalue weighted by atomic mass is 9.89. The van der Waals surface area contributed by atoms with E-state index in [0.29, 0.717) is 30.2 Å². The predicted octanol–water partition coefficient (Wildman–Crippen LogP) is 2.96. The number of ether oxygens (including phenoxy) is 1. The summed E-state index contributed by atoms with van der Waals surface area (Å²) >= 11 is 6.32. The van der Waals surface area contributed by atoms with E-state index >= 15 is 0 Å². The molecule has 1 amide bonds. The second-order valence-corrected chi connectivity index (χ2v) is 7.13. The van der Waals surface area contributed by atoms with E-state index in [1.54, 1.807) is 0 Å². The molecule has 0 aliphatic carbocycles. The molecule has 1 aromatic carbocycles. The molecule has 0 bridgehead atoms. The molecule has 2 heterocycles. The second-order valence-electron chi connectivity index (χ2n) is 6.72. The third kappa shape index (κ3) is 3.25. The highest BCUT2D eigenvalue weighted by atomic mass is 35.5. The molecule has 3 atom stereocenters. The number of carbonyl (C=O) groups excluding carboxylic acids is 1. The third-order valence-electron chi connectivity index (χ3n) is 5.23. The van der Waals surface area contributed by atoms with Crippen LogP contribution in [0.1, 0.15) is 40.7 Å². The molecule has 2 aliphatic rings. The maximum absolute atomic E-state index is 13.0. The minimum atomic E-state index is -0.391. The van der Waals surface area contributed by atoms with Crippen molar-refractivity contribution in [1.29, 1.82) is 0 Å². The van der Waals surface area contributed by atoms with E-state index in [4.69, 9.17) is 16.3 Å². The van der Waals surface area contributed by atoms with Gasteiger partial charge in [-0.05, 0) is 56.4 Å². The fourth-order valence-corrected chi connectivity index (χ4v) is 4.00. The molecule has 0 radical (unpaired) electrons. The summed E-state index contributed by atoms with van der Waals surface area (Å²) in [7, 11) is 0. The Morgan fingerprint density at radius 1 is 1.30 bits per heavy atom. The van der Waals surface area contributed by atoms with Crippen LogP contribution in [0, 0.1) is 19.8 Å². The number of aliphatic hydroxyl groups excluding tert-OH is 1. The van der Waals surface area contributed by atoms with Gasteiger partial charge in [-0.1, -0.05) is 11.6 Å². The first kappa shape index (κ1) is 16.7. The Bertz CT molecular complexity index is 604. The van der Waals surface area contributed by atoms with Gasteiger partial charge in [-0.2, -0.15) is 0 Å². The summed E-state index contributed by atoms with van der Waals surface area (Å²) in [5, 5.41) is 10.8. The van der Waals surface area contributed by atoms with Crippen molar-refractivity contribution in [1.82, 2.24) is 4.90 Å². The fraction of sp³-hybridized carbons (Fsp3) is 0.611. The minimum Gasteiger partial charge on any atom is -0.393 e. The first-order valence-corrected chi connectivity index (χ1v) is 8.70. The molecule has 3 rings (SSSR count). The monoisotopic (exact) mass is 337 g/mol. The quantitative estimate of drug-likeness (QED) is 0.902. The summed E-state index contributed by atoms with van der Waals surface area (Å²) in [5.41, 5.74) is 2.71. The maximum Gasteiger partial charge on any atom is 0.255 e. The van der Waals surface area contributed by atoms with Gasteiger partial charge in [-0.3, -0.25) is 4.79 Å². The van der Waals surface area contributed by atoms with Crippen molar-refractivity contribution in [2.24, 2.45) is 5.92 Å². The SMILES string of the molecule is Cc1cc(Cl)c(C(=O)N2CCC[C@@H]2[C@H]2COCC[C@H]2O)cc1C. The lowest BCUT2D eigenvalue weighted by Crippen LogP contribution is -2.48. The molecule has 23 heavy (non-hydrogen) atoms. The number of benzene rings is 1. The number of rotatable bonds is 2. The average molecular weight is 338 g/mol. The van der Waals surface area contributed by atoms with Crippen molar-refractivity contribution < 1.29 is 14.6 Å². The van der Waals surface area contributed by atoms with E-state index in [1.807, 2.05) is 30.9 Å². The van der Waals surface area contributed by atoms with E-state index in [-0.39, 0.29) is 17.9 Å². The number of amides is 1. The molecule has 2 fully saturated rings. The Balaban J connectivity index is 1.85. The Hall–Kier alpha value is -1.10. The largest absolute Gasteiger partial charge is 0.393 e. The summed E-state index contributed by atoms with van der Waals surface area (Å²) in [6.07, 6.45) is 2.13. The smallest absolute Gasteiger partial charge is 0.255 e. The van der Waals surface area contributed by atoms with E-state index < -0.39 is 6.10 Å². The molecule has 2 aliphatic heterocycles. The number of carbonyl (C=O) groups is 1.